The summed E-state index contributed by atoms with van der Waals surface area (Å²) in [4.78, 5) is 12.7. The van der Waals surface area contributed by atoms with Crippen LogP contribution < -0.4 is 5.32 Å². The van der Waals surface area contributed by atoms with Gasteiger partial charge in [0.25, 0.3) is 0 Å². The van der Waals surface area contributed by atoms with Gasteiger partial charge in [0.2, 0.25) is 5.91 Å². The molecule has 2 rings (SSSR count). The van der Waals surface area contributed by atoms with Gasteiger partial charge in [-0.25, -0.2) is 0 Å². The molecule has 1 N–H and O–H groups in total. The van der Waals surface area contributed by atoms with E-state index >= 15 is 0 Å². The van der Waals surface area contributed by atoms with Crippen molar-refractivity contribution in [1.29, 1.82) is 0 Å². The number of benzene rings is 2. The summed E-state index contributed by atoms with van der Waals surface area (Å²) in [5.74, 6) is -0.000299. The molecule has 2 nitrogen and oxygen atoms in total. The number of hydrogen-bond donors (Lipinski definition) is 1. The van der Waals surface area contributed by atoms with E-state index in [0.717, 1.165) is 4.90 Å². The summed E-state index contributed by atoms with van der Waals surface area (Å²) >= 11 is 25.0. The third kappa shape index (κ3) is 4.97. The molecule has 0 spiro atoms. The van der Waals surface area contributed by atoms with Crippen molar-refractivity contribution in [2.24, 2.45) is 0 Å². The molecule has 110 valence electrons. The number of carbonyl (C=O) groups excluding carboxylic acids is 1. The summed E-state index contributed by atoms with van der Waals surface area (Å²) in [7, 11) is 0. The topological polar surface area (TPSA) is 29.1 Å². The second kappa shape index (κ2) is 7.61. The van der Waals surface area contributed by atoms with Gasteiger partial charge < -0.3 is 5.32 Å². The molecule has 0 fully saturated rings. The van der Waals surface area contributed by atoms with Crippen LogP contribution in [0.25, 0.3) is 0 Å². The average molecular weight is 381 g/mol. The first-order valence-corrected chi connectivity index (χ1v) is 8.28. The van der Waals surface area contributed by atoms with Gasteiger partial charge in [-0.2, -0.15) is 0 Å². The molecule has 2 aromatic rings. The molecule has 0 radical (unpaired) electrons. The van der Waals surface area contributed by atoms with Crippen molar-refractivity contribution in [2.75, 3.05) is 11.1 Å². The van der Waals surface area contributed by atoms with Crippen LogP contribution in [0.2, 0.25) is 20.1 Å². The summed E-state index contributed by atoms with van der Waals surface area (Å²) in [5, 5.41) is 4.71. The van der Waals surface area contributed by atoms with Crippen molar-refractivity contribution in [2.45, 2.75) is 4.90 Å². The number of thioether (sulfide) groups is 1. The Kier molecular flexibility index (Phi) is 6.08. The SMILES string of the molecule is O=C(CSc1ccc(Cl)cc1Cl)Nc1cc(Cl)ccc1Cl. The Labute approximate surface area is 146 Å². The van der Waals surface area contributed by atoms with E-state index in [9.17, 15) is 4.79 Å². The largest absolute Gasteiger partial charge is 0.324 e. The predicted molar refractivity (Wildman–Crippen MR) is 92.3 cm³/mol. The molecule has 0 aliphatic rings. The molecular weight excluding hydrogens is 372 g/mol. The Morgan fingerprint density at radius 1 is 0.952 bits per heavy atom. The minimum atomic E-state index is -0.199. The lowest BCUT2D eigenvalue weighted by atomic mass is 10.3. The zero-order valence-electron chi connectivity index (χ0n) is 10.5. The molecule has 0 unspecified atom stereocenters. The summed E-state index contributed by atoms with van der Waals surface area (Å²) in [5.41, 5.74) is 0.483. The van der Waals surface area contributed by atoms with Gasteiger partial charge in [-0.1, -0.05) is 46.4 Å². The minimum absolute atomic E-state index is 0.199. The molecule has 1 amide bonds. The van der Waals surface area contributed by atoms with Crippen LogP contribution >= 0.6 is 58.2 Å². The van der Waals surface area contributed by atoms with E-state index in [1.807, 2.05) is 0 Å². The monoisotopic (exact) mass is 379 g/mol. The molecule has 0 bridgehead atoms. The normalized spacial score (nSPS) is 10.5. The maximum absolute atomic E-state index is 11.9. The van der Waals surface area contributed by atoms with Crippen LogP contribution in [0.1, 0.15) is 0 Å². The highest BCUT2D eigenvalue weighted by atomic mass is 35.5. The summed E-state index contributed by atoms with van der Waals surface area (Å²) in [6.07, 6.45) is 0. The summed E-state index contributed by atoms with van der Waals surface area (Å²) in [6, 6.07) is 10.0. The quantitative estimate of drug-likeness (QED) is 0.656. The molecule has 0 saturated carbocycles. The summed E-state index contributed by atoms with van der Waals surface area (Å²) < 4.78 is 0. The molecule has 7 heteroatoms. The fourth-order valence-electron chi connectivity index (χ4n) is 1.52. The number of hydrogen-bond acceptors (Lipinski definition) is 2. The predicted octanol–water partition coefficient (Wildman–Crippen LogP) is 6.03. The first kappa shape index (κ1) is 16.8. The smallest absolute Gasteiger partial charge is 0.234 e. The van der Waals surface area contributed by atoms with Gasteiger partial charge in [-0.3, -0.25) is 4.79 Å². The van der Waals surface area contributed by atoms with Gasteiger partial charge in [-0.15, -0.1) is 11.8 Å². The molecule has 0 saturated heterocycles. The number of amides is 1. The second-order valence-electron chi connectivity index (χ2n) is 4.04. The number of carbonyl (C=O) groups is 1. The van der Waals surface area contributed by atoms with E-state index < -0.39 is 0 Å². The molecule has 0 aromatic heterocycles. The maximum atomic E-state index is 11.9. The van der Waals surface area contributed by atoms with Crippen LogP contribution in [0.15, 0.2) is 41.3 Å². The fraction of sp³-hybridized carbons (Fsp3) is 0.0714. The highest BCUT2D eigenvalue weighted by Crippen LogP contribution is 2.30. The fourth-order valence-corrected chi connectivity index (χ4v) is 3.14. The van der Waals surface area contributed by atoms with E-state index in [-0.39, 0.29) is 11.7 Å². The van der Waals surface area contributed by atoms with Crippen molar-refractivity contribution in [3.8, 4) is 0 Å². The van der Waals surface area contributed by atoms with Gasteiger partial charge in [0.1, 0.15) is 0 Å². The van der Waals surface area contributed by atoms with E-state index in [2.05, 4.69) is 5.32 Å². The molecule has 0 aliphatic heterocycles. The Morgan fingerprint density at radius 3 is 2.33 bits per heavy atom. The van der Waals surface area contributed by atoms with Crippen LogP contribution in [-0.4, -0.2) is 11.7 Å². The lowest BCUT2D eigenvalue weighted by Gasteiger charge is -2.08. The third-order valence-electron chi connectivity index (χ3n) is 2.46. The number of nitrogens with one attached hydrogen (secondary N) is 1. The minimum Gasteiger partial charge on any atom is -0.324 e. The van der Waals surface area contributed by atoms with Crippen LogP contribution in [0, 0.1) is 0 Å². The van der Waals surface area contributed by atoms with Crippen molar-refractivity contribution in [3.63, 3.8) is 0 Å². The maximum Gasteiger partial charge on any atom is 0.234 e. The van der Waals surface area contributed by atoms with Crippen molar-refractivity contribution < 1.29 is 4.79 Å². The zero-order valence-corrected chi connectivity index (χ0v) is 14.3. The highest BCUT2D eigenvalue weighted by molar-refractivity contribution is 8.00. The molecular formula is C14H9Cl4NOS. The van der Waals surface area contributed by atoms with Crippen LogP contribution in [0.5, 0.6) is 0 Å². The molecule has 0 aliphatic carbocycles. The number of anilines is 1. The molecule has 2 aromatic carbocycles. The number of halogens is 4. The van der Waals surface area contributed by atoms with Gasteiger partial charge in [0, 0.05) is 14.9 Å². The Hall–Kier alpha value is -0.580. The van der Waals surface area contributed by atoms with E-state index in [0.29, 0.717) is 25.8 Å². The highest BCUT2D eigenvalue weighted by Gasteiger charge is 2.09. The first-order valence-electron chi connectivity index (χ1n) is 5.78. The Balaban J connectivity index is 1.97. The average Bonchev–Trinajstić information content (AvgIpc) is 2.42. The van der Waals surface area contributed by atoms with Gasteiger partial charge >= 0.3 is 0 Å². The van der Waals surface area contributed by atoms with Crippen LogP contribution in [0.4, 0.5) is 5.69 Å². The van der Waals surface area contributed by atoms with Crippen molar-refractivity contribution in [3.05, 3.63) is 56.5 Å². The van der Waals surface area contributed by atoms with Gasteiger partial charge in [-0.05, 0) is 36.4 Å². The zero-order chi connectivity index (χ0) is 15.4. The number of rotatable bonds is 4. The van der Waals surface area contributed by atoms with E-state index in [4.69, 9.17) is 46.4 Å². The Bertz CT molecular complexity index is 678. The third-order valence-corrected chi connectivity index (χ3v) is 4.75. The molecule has 21 heavy (non-hydrogen) atoms. The van der Waals surface area contributed by atoms with Gasteiger partial charge in [0.15, 0.2) is 0 Å². The van der Waals surface area contributed by atoms with E-state index in [1.165, 1.54) is 11.8 Å². The van der Waals surface area contributed by atoms with E-state index in [1.54, 1.807) is 36.4 Å². The Morgan fingerprint density at radius 2 is 1.62 bits per heavy atom. The molecule has 0 atom stereocenters. The second-order valence-corrected chi connectivity index (χ2v) is 6.74. The van der Waals surface area contributed by atoms with Crippen molar-refractivity contribution >= 4 is 69.8 Å². The molecule has 0 heterocycles. The van der Waals surface area contributed by atoms with Crippen molar-refractivity contribution in [1.82, 2.24) is 0 Å². The lowest BCUT2D eigenvalue weighted by Crippen LogP contribution is -2.14. The summed E-state index contributed by atoms with van der Waals surface area (Å²) in [6.45, 7) is 0. The van der Waals surface area contributed by atoms with Crippen LogP contribution in [0.3, 0.4) is 0 Å². The van der Waals surface area contributed by atoms with Gasteiger partial charge in [0.05, 0.1) is 21.5 Å². The lowest BCUT2D eigenvalue weighted by molar-refractivity contribution is -0.113. The standard InChI is InChI=1S/C14H9Cl4NOS/c15-8-2-4-13(11(18)5-8)21-7-14(20)19-12-6-9(16)1-3-10(12)17/h1-6H,7H2,(H,19,20). The first-order chi connectivity index (χ1) is 9.95. The van der Waals surface area contributed by atoms with Crippen LogP contribution in [-0.2, 0) is 4.79 Å².